The van der Waals surface area contributed by atoms with E-state index in [1.165, 1.54) is 31.3 Å². The molecule has 2 rings (SSSR count). The highest BCUT2D eigenvalue weighted by molar-refractivity contribution is 6.15. The van der Waals surface area contributed by atoms with E-state index in [0.717, 1.165) is 0 Å². The molecule has 0 aliphatic carbocycles. The first-order chi connectivity index (χ1) is 9.06. The number of rotatable bonds is 3. The Kier molecular flexibility index (Phi) is 3.50. The smallest absolute Gasteiger partial charge is 0.337 e. The predicted molar refractivity (Wildman–Crippen MR) is 66.3 cm³/mol. The summed E-state index contributed by atoms with van der Waals surface area (Å²) >= 11 is 0. The summed E-state index contributed by atoms with van der Waals surface area (Å²) in [4.78, 5) is 35.7. The average Bonchev–Trinajstić information content (AvgIpc) is 2.75. The predicted octanol–water partition coefficient (Wildman–Crippen LogP) is 0.788. The first-order valence-corrected chi connectivity index (χ1v) is 5.65. The van der Waals surface area contributed by atoms with Crippen molar-refractivity contribution in [3.8, 4) is 5.75 Å². The lowest BCUT2D eigenvalue weighted by Crippen LogP contribution is -2.25. The van der Waals surface area contributed by atoms with Crippen LogP contribution in [0.1, 0.15) is 16.8 Å². The van der Waals surface area contributed by atoms with Gasteiger partial charge >= 0.3 is 5.97 Å². The van der Waals surface area contributed by atoms with Crippen LogP contribution in [0.25, 0.3) is 0 Å². The van der Waals surface area contributed by atoms with E-state index in [1.54, 1.807) is 6.07 Å². The number of anilines is 1. The highest BCUT2D eigenvalue weighted by atomic mass is 16.5. The highest BCUT2D eigenvalue weighted by Gasteiger charge is 2.30. The molecule has 0 saturated carbocycles. The van der Waals surface area contributed by atoms with Crippen molar-refractivity contribution in [3.63, 3.8) is 0 Å². The van der Waals surface area contributed by atoms with Crippen LogP contribution in [0.4, 0.5) is 5.69 Å². The topological polar surface area (TPSA) is 72.9 Å². The Labute approximate surface area is 109 Å². The van der Waals surface area contributed by atoms with E-state index >= 15 is 0 Å². The molecule has 1 aromatic carbocycles. The van der Waals surface area contributed by atoms with Crippen molar-refractivity contribution >= 4 is 23.3 Å². The molecule has 1 amide bonds. The van der Waals surface area contributed by atoms with E-state index in [0.29, 0.717) is 17.0 Å². The molecule has 1 aliphatic heterocycles. The van der Waals surface area contributed by atoms with Crippen molar-refractivity contribution in [2.75, 3.05) is 25.7 Å². The van der Waals surface area contributed by atoms with Gasteiger partial charge in [-0.25, -0.2) is 4.79 Å². The van der Waals surface area contributed by atoms with Crippen molar-refractivity contribution in [1.82, 2.24) is 0 Å². The zero-order valence-corrected chi connectivity index (χ0v) is 10.6. The molecule has 1 fully saturated rings. The second kappa shape index (κ2) is 5.09. The summed E-state index contributed by atoms with van der Waals surface area (Å²) in [6.45, 7) is 0.0345. The number of hydrogen-bond donors (Lipinski definition) is 0. The van der Waals surface area contributed by atoms with E-state index in [4.69, 9.17) is 4.74 Å². The van der Waals surface area contributed by atoms with Gasteiger partial charge in [0.05, 0.1) is 38.4 Å². The van der Waals surface area contributed by atoms with Crippen molar-refractivity contribution in [1.29, 1.82) is 0 Å². The first-order valence-electron chi connectivity index (χ1n) is 5.65. The van der Waals surface area contributed by atoms with Gasteiger partial charge in [0.1, 0.15) is 5.75 Å². The summed E-state index contributed by atoms with van der Waals surface area (Å²) in [5.74, 6) is -0.544. The van der Waals surface area contributed by atoms with Crippen molar-refractivity contribution in [2.24, 2.45) is 0 Å². The molecule has 0 aromatic heterocycles. The number of amides is 1. The normalized spacial score (nSPS) is 14.7. The molecule has 6 nitrogen and oxygen atoms in total. The number of ketones is 1. The molecule has 0 bridgehead atoms. The van der Waals surface area contributed by atoms with Gasteiger partial charge in [-0.15, -0.1) is 0 Å². The van der Waals surface area contributed by atoms with Gasteiger partial charge in [-0.2, -0.15) is 0 Å². The van der Waals surface area contributed by atoms with Gasteiger partial charge < -0.3 is 14.4 Å². The quantitative estimate of drug-likeness (QED) is 0.595. The molecule has 19 heavy (non-hydrogen) atoms. The second-order valence-electron chi connectivity index (χ2n) is 4.07. The number of esters is 1. The van der Waals surface area contributed by atoms with E-state index in [1.807, 2.05) is 0 Å². The Morgan fingerprint density at radius 2 is 2.00 bits per heavy atom. The number of ether oxygens (including phenoxy) is 2. The largest absolute Gasteiger partial charge is 0.495 e. The fourth-order valence-corrected chi connectivity index (χ4v) is 1.95. The summed E-state index contributed by atoms with van der Waals surface area (Å²) < 4.78 is 9.77. The average molecular weight is 263 g/mol. The SMILES string of the molecule is COC(=O)c1ccc(N2CC(=O)CC2=O)c(OC)c1. The number of methoxy groups -OCH3 is 2. The maximum atomic E-state index is 11.7. The Bertz CT molecular complexity index is 552. The van der Waals surface area contributed by atoms with Gasteiger partial charge in [0.15, 0.2) is 5.78 Å². The number of benzene rings is 1. The summed E-state index contributed by atoms with van der Waals surface area (Å²) in [5.41, 5.74) is 0.798. The monoisotopic (exact) mass is 263 g/mol. The summed E-state index contributed by atoms with van der Waals surface area (Å²) in [5, 5.41) is 0. The Hall–Kier alpha value is -2.37. The highest BCUT2D eigenvalue weighted by Crippen LogP contribution is 2.31. The molecular formula is C13H13NO5. The van der Waals surface area contributed by atoms with E-state index in [-0.39, 0.29) is 24.7 Å². The zero-order valence-electron chi connectivity index (χ0n) is 10.6. The fourth-order valence-electron chi connectivity index (χ4n) is 1.95. The van der Waals surface area contributed by atoms with Crippen LogP contribution in [0.15, 0.2) is 18.2 Å². The molecule has 1 saturated heterocycles. The minimum absolute atomic E-state index is 0.0345. The number of Topliss-reactive ketones (excluding diaryl/α,β-unsaturated/α-hetero) is 1. The van der Waals surface area contributed by atoms with Gasteiger partial charge in [0, 0.05) is 0 Å². The van der Waals surface area contributed by atoms with Crippen LogP contribution < -0.4 is 9.64 Å². The maximum absolute atomic E-state index is 11.7. The lowest BCUT2D eigenvalue weighted by Gasteiger charge is -2.18. The number of nitrogens with zero attached hydrogens (tertiary/aromatic N) is 1. The van der Waals surface area contributed by atoms with Crippen LogP contribution in [-0.2, 0) is 14.3 Å². The van der Waals surface area contributed by atoms with Crippen LogP contribution in [-0.4, -0.2) is 38.4 Å². The van der Waals surface area contributed by atoms with Crippen LogP contribution in [0.5, 0.6) is 5.75 Å². The molecule has 100 valence electrons. The van der Waals surface area contributed by atoms with Crippen molar-refractivity contribution in [2.45, 2.75) is 6.42 Å². The van der Waals surface area contributed by atoms with Crippen LogP contribution in [0.3, 0.4) is 0 Å². The van der Waals surface area contributed by atoms with Crippen molar-refractivity contribution in [3.05, 3.63) is 23.8 Å². The van der Waals surface area contributed by atoms with E-state index < -0.39 is 5.97 Å². The summed E-state index contributed by atoms with van der Waals surface area (Å²) in [6.07, 6.45) is -0.0953. The molecule has 0 N–H and O–H groups in total. The van der Waals surface area contributed by atoms with Gasteiger partial charge in [-0.05, 0) is 18.2 Å². The molecule has 0 spiro atoms. The van der Waals surface area contributed by atoms with Crippen LogP contribution in [0.2, 0.25) is 0 Å². The van der Waals surface area contributed by atoms with Gasteiger partial charge in [-0.3, -0.25) is 9.59 Å². The molecule has 0 radical (unpaired) electrons. The molecule has 1 aromatic rings. The summed E-state index contributed by atoms with van der Waals surface area (Å²) in [7, 11) is 2.72. The molecular weight excluding hydrogens is 250 g/mol. The molecule has 6 heteroatoms. The third kappa shape index (κ3) is 2.42. The number of carbonyl (C=O) groups is 3. The third-order valence-electron chi connectivity index (χ3n) is 2.88. The lowest BCUT2D eigenvalue weighted by molar-refractivity contribution is -0.121. The van der Waals surface area contributed by atoms with Gasteiger partial charge in [0.25, 0.3) is 0 Å². The zero-order chi connectivity index (χ0) is 14.0. The second-order valence-corrected chi connectivity index (χ2v) is 4.07. The summed E-state index contributed by atoms with van der Waals surface area (Å²) in [6, 6.07) is 4.58. The van der Waals surface area contributed by atoms with E-state index in [2.05, 4.69) is 4.74 Å². The number of hydrogen-bond acceptors (Lipinski definition) is 5. The molecule has 0 atom stereocenters. The fraction of sp³-hybridized carbons (Fsp3) is 0.308. The third-order valence-corrected chi connectivity index (χ3v) is 2.88. The molecule has 1 aliphatic rings. The first kappa shape index (κ1) is 13.1. The maximum Gasteiger partial charge on any atom is 0.337 e. The lowest BCUT2D eigenvalue weighted by atomic mass is 10.1. The van der Waals surface area contributed by atoms with Gasteiger partial charge in [-0.1, -0.05) is 0 Å². The molecule has 1 heterocycles. The number of carbonyl (C=O) groups excluding carboxylic acids is 3. The van der Waals surface area contributed by atoms with E-state index in [9.17, 15) is 14.4 Å². The standard InChI is InChI=1S/C13H13NO5/c1-18-11-5-8(13(17)19-2)3-4-10(11)14-7-9(15)6-12(14)16/h3-5H,6-7H2,1-2H3. The minimum Gasteiger partial charge on any atom is -0.495 e. The Balaban J connectivity index is 2.39. The molecule has 0 unspecified atom stereocenters. The van der Waals surface area contributed by atoms with Crippen LogP contribution in [0, 0.1) is 0 Å². The Morgan fingerprint density at radius 3 is 2.53 bits per heavy atom. The minimum atomic E-state index is -0.492. The van der Waals surface area contributed by atoms with Crippen molar-refractivity contribution < 1.29 is 23.9 Å². The Morgan fingerprint density at radius 1 is 1.26 bits per heavy atom. The van der Waals surface area contributed by atoms with Crippen LogP contribution >= 0.6 is 0 Å². The van der Waals surface area contributed by atoms with Gasteiger partial charge in [0.2, 0.25) is 5.91 Å².